The number of alkyl halides is 1. The molecule has 0 aliphatic heterocycles. The topological polar surface area (TPSA) is 74.3 Å². The minimum Gasteiger partial charge on any atom is -0.489 e. The van der Waals surface area contributed by atoms with Gasteiger partial charge in [-0.1, -0.05) is 72.8 Å². The molecule has 0 aromatic heterocycles. The van der Waals surface area contributed by atoms with Crippen molar-refractivity contribution in [1.29, 1.82) is 0 Å². The second kappa shape index (κ2) is 13.1. The number of benzene rings is 3. The zero-order chi connectivity index (χ0) is 27.6. The van der Waals surface area contributed by atoms with Crippen LogP contribution in [-0.4, -0.2) is 42.2 Å². The fraction of sp³-hybridized carbons (Fsp3) is 0.333. The van der Waals surface area contributed by atoms with E-state index in [1.165, 1.54) is 7.11 Å². The first-order valence-electron chi connectivity index (χ1n) is 12.3. The summed E-state index contributed by atoms with van der Waals surface area (Å²) in [5, 5.41) is 0. The molecule has 0 radical (unpaired) electrons. The lowest BCUT2D eigenvalue weighted by Gasteiger charge is -2.36. The Balaban J connectivity index is 1.82. The van der Waals surface area contributed by atoms with Crippen LogP contribution in [0.3, 0.4) is 0 Å². The first-order chi connectivity index (χ1) is 18.1. The molecular formula is C30H34FNO6. The molecule has 1 amide bonds. The van der Waals surface area contributed by atoms with Crippen molar-refractivity contribution in [3.05, 3.63) is 102 Å². The quantitative estimate of drug-likeness (QED) is 0.173. The maximum absolute atomic E-state index is 16.8. The van der Waals surface area contributed by atoms with Crippen molar-refractivity contribution < 1.29 is 32.9 Å². The summed E-state index contributed by atoms with van der Waals surface area (Å²) < 4.78 is 38.4. The van der Waals surface area contributed by atoms with Gasteiger partial charge in [0.15, 0.2) is 0 Å². The van der Waals surface area contributed by atoms with Gasteiger partial charge in [0.2, 0.25) is 0 Å². The standard InChI is InChI=1S/C30H34FNO6/c1-29(2,3)38-28(34)32(22-35-4)30(31,27(33)37-21-25-13-9-6-10-14-25)19-23-15-17-26(18-16-23)36-20-24-11-7-5-8-12-24/h5-18H,19-22H2,1-4H3/t30-/m0/s1. The van der Waals surface area contributed by atoms with E-state index in [2.05, 4.69) is 0 Å². The molecule has 3 rings (SSSR count). The van der Waals surface area contributed by atoms with E-state index in [1.54, 1.807) is 69.3 Å². The molecule has 0 saturated heterocycles. The Labute approximate surface area is 223 Å². The molecule has 0 heterocycles. The van der Waals surface area contributed by atoms with Gasteiger partial charge in [0.1, 0.15) is 31.3 Å². The third kappa shape index (κ3) is 8.31. The van der Waals surface area contributed by atoms with Gasteiger partial charge in [-0.15, -0.1) is 0 Å². The van der Waals surface area contributed by atoms with E-state index in [0.29, 0.717) is 28.4 Å². The van der Waals surface area contributed by atoms with Crippen LogP contribution in [0, 0.1) is 0 Å². The summed E-state index contributed by atoms with van der Waals surface area (Å²) in [6.07, 6.45) is -1.52. The van der Waals surface area contributed by atoms with Crippen molar-refractivity contribution in [1.82, 2.24) is 4.90 Å². The van der Waals surface area contributed by atoms with E-state index in [-0.39, 0.29) is 6.61 Å². The van der Waals surface area contributed by atoms with Gasteiger partial charge < -0.3 is 18.9 Å². The van der Waals surface area contributed by atoms with E-state index >= 15 is 4.39 Å². The van der Waals surface area contributed by atoms with Gasteiger partial charge in [0.05, 0.1) is 0 Å². The van der Waals surface area contributed by atoms with E-state index in [0.717, 1.165) is 5.56 Å². The summed E-state index contributed by atoms with van der Waals surface area (Å²) >= 11 is 0. The Morgan fingerprint density at radius 1 is 0.789 bits per heavy atom. The van der Waals surface area contributed by atoms with Crippen molar-refractivity contribution in [3.8, 4) is 5.75 Å². The van der Waals surface area contributed by atoms with Crippen LogP contribution < -0.4 is 4.74 Å². The van der Waals surface area contributed by atoms with Crippen LogP contribution >= 0.6 is 0 Å². The average molecular weight is 524 g/mol. The van der Waals surface area contributed by atoms with E-state index in [4.69, 9.17) is 18.9 Å². The molecule has 0 unspecified atom stereocenters. The molecule has 1 atom stereocenters. The Morgan fingerprint density at radius 3 is 1.87 bits per heavy atom. The molecule has 3 aromatic carbocycles. The zero-order valence-corrected chi connectivity index (χ0v) is 22.2. The SMILES string of the molecule is COCN(C(=O)OC(C)(C)C)[C@@](F)(Cc1ccc(OCc2ccccc2)cc1)C(=O)OCc1ccccc1. The number of carbonyl (C=O) groups excluding carboxylic acids is 2. The lowest BCUT2D eigenvalue weighted by atomic mass is 10.0. The molecule has 0 aliphatic carbocycles. The molecule has 0 spiro atoms. The molecule has 0 saturated carbocycles. The van der Waals surface area contributed by atoms with Crippen molar-refractivity contribution >= 4 is 12.1 Å². The summed E-state index contributed by atoms with van der Waals surface area (Å²) in [5.41, 5.74) is 1.21. The summed E-state index contributed by atoms with van der Waals surface area (Å²) in [6, 6.07) is 25.2. The first-order valence-corrected chi connectivity index (χ1v) is 12.3. The van der Waals surface area contributed by atoms with E-state index in [9.17, 15) is 9.59 Å². The second-order valence-electron chi connectivity index (χ2n) is 9.74. The molecule has 38 heavy (non-hydrogen) atoms. The van der Waals surface area contributed by atoms with Crippen molar-refractivity contribution in [2.75, 3.05) is 13.8 Å². The van der Waals surface area contributed by atoms with Gasteiger partial charge >= 0.3 is 12.1 Å². The number of rotatable bonds is 11. The average Bonchev–Trinajstić information content (AvgIpc) is 2.90. The van der Waals surface area contributed by atoms with Crippen molar-refractivity contribution in [3.63, 3.8) is 0 Å². The van der Waals surface area contributed by atoms with Crippen LogP contribution in [0.5, 0.6) is 5.75 Å². The van der Waals surface area contributed by atoms with E-state index < -0.39 is 36.6 Å². The highest BCUT2D eigenvalue weighted by atomic mass is 19.1. The first kappa shape index (κ1) is 28.7. The highest BCUT2D eigenvalue weighted by Crippen LogP contribution is 2.29. The lowest BCUT2D eigenvalue weighted by Crippen LogP contribution is -2.57. The molecule has 0 bridgehead atoms. The van der Waals surface area contributed by atoms with Gasteiger partial charge in [-0.2, -0.15) is 0 Å². The minimum absolute atomic E-state index is 0.160. The predicted molar refractivity (Wildman–Crippen MR) is 141 cm³/mol. The van der Waals surface area contributed by atoms with Crippen LogP contribution in [0.2, 0.25) is 0 Å². The molecule has 202 valence electrons. The minimum atomic E-state index is -2.90. The molecule has 0 N–H and O–H groups in total. The zero-order valence-electron chi connectivity index (χ0n) is 22.2. The van der Waals surface area contributed by atoms with Gasteiger partial charge in [-0.05, 0) is 49.6 Å². The summed E-state index contributed by atoms with van der Waals surface area (Å²) in [6.45, 7) is 4.64. The lowest BCUT2D eigenvalue weighted by molar-refractivity contribution is -0.179. The fourth-order valence-electron chi connectivity index (χ4n) is 3.57. The molecule has 0 fully saturated rings. The van der Waals surface area contributed by atoms with Crippen LogP contribution in [-0.2, 0) is 38.6 Å². The summed E-state index contributed by atoms with van der Waals surface area (Å²) in [5.74, 6) is -3.55. The Hall–Kier alpha value is -3.91. The Bertz CT molecular complexity index is 1160. The van der Waals surface area contributed by atoms with Gasteiger partial charge in [-0.25, -0.2) is 18.9 Å². The Morgan fingerprint density at radius 2 is 1.34 bits per heavy atom. The fourth-order valence-corrected chi connectivity index (χ4v) is 3.57. The second-order valence-corrected chi connectivity index (χ2v) is 9.74. The maximum atomic E-state index is 16.8. The number of esters is 1. The number of amides is 1. The van der Waals surface area contributed by atoms with Crippen molar-refractivity contribution in [2.45, 2.75) is 51.8 Å². The number of ether oxygens (including phenoxy) is 4. The normalized spacial score (nSPS) is 12.8. The van der Waals surface area contributed by atoms with Crippen LogP contribution in [0.1, 0.15) is 37.5 Å². The van der Waals surface area contributed by atoms with E-state index in [1.807, 2.05) is 36.4 Å². The molecule has 8 heteroatoms. The molecular weight excluding hydrogens is 489 g/mol. The highest BCUT2D eigenvalue weighted by Gasteiger charge is 2.50. The van der Waals surface area contributed by atoms with Gasteiger partial charge in [0.25, 0.3) is 5.79 Å². The summed E-state index contributed by atoms with van der Waals surface area (Å²) in [7, 11) is 1.30. The number of halogens is 1. The largest absolute Gasteiger partial charge is 0.489 e. The number of hydrogen-bond donors (Lipinski definition) is 0. The van der Waals surface area contributed by atoms with Crippen LogP contribution in [0.25, 0.3) is 0 Å². The number of carbonyl (C=O) groups is 2. The summed E-state index contributed by atoms with van der Waals surface area (Å²) in [4.78, 5) is 26.8. The van der Waals surface area contributed by atoms with Crippen LogP contribution in [0.15, 0.2) is 84.9 Å². The molecule has 3 aromatic rings. The van der Waals surface area contributed by atoms with Gasteiger partial charge in [-0.3, -0.25) is 0 Å². The number of nitrogens with zero attached hydrogens (tertiary/aromatic N) is 1. The smallest absolute Gasteiger partial charge is 0.415 e. The molecule has 7 nitrogen and oxygen atoms in total. The monoisotopic (exact) mass is 523 g/mol. The maximum Gasteiger partial charge on any atom is 0.415 e. The third-order valence-electron chi connectivity index (χ3n) is 5.44. The number of hydrogen-bond acceptors (Lipinski definition) is 6. The third-order valence-corrected chi connectivity index (χ3v) is 5.44. The van der Waals surface area contributed by atoms with Gasteiger partial charge in [0, 0.05) is 13.5 Å². The Kier molecular flexibility index (Phi) is 9.85. The molecule has 0 aliphatic rings. The number of methoxy groups -OCH3 is 1. The highest BCUT2D eigenvalue weighted by molar-refractivity contribution is 5.84. The predicted octanol–water partition coefficient (Wildman–Crippen LogP) is 6.06. The van der Waals surface area contributed by atoms with Crippen molar-refractivity contribution in [2.24, 2.45) is 0 Å². The van der Waals surface area contributed by atoms with Crippen LogP contribution in [0.4, 0.5) is 9.18 Å².